The van der Waals surface area contributed by atoms with Crippen molar-refractivity contribution in [2.75, 3.05) is 13.6 Å². The number of pyridine rings is 1. The minimum absolute atomic E-state index is 0. The maximum absolute atomic E-state index is 14.2. The van der Waals surface area contributed by atoms with E-state index in [0.717, 1.165) is 43.9 Å². The van der Waals surface area contributed by atoms with Gasteiger partial charge in [0.15, 0.2) is 5.60 Å². The number of aromatic nitrogens is 1. The minimum Gasteiger partial charge on any atom is -0.475 e. The highest BCUT2D eigenvalue weighted by Crippen LogP contribution is 2.49. The van der Waals surface area contributed by atoms with Gasteiger partial charge in [0, 0.05) is 48.5 Å². The van der Waals surface area contributed by atoms with Gasteiger partial charge in [-0.1, -0.05) is 65.0 Å². The molecule has 4 amide bonds. The Morgan fingerprint density at radius 3 is 2.35 bits per heavy atom. The zero-order chi connectivity index (χ0) is 47.1. The van der Waals surface area contributed by atoms with Gasteiger partial charge in [-0.2, -0.15) is 4.98 Å². The van der Waals surface area contributed by atoms with Gasteiger partial charge < -0.3 is 29.7 Å². The molecule has 0 spiro atoms. The van der Waals surface area contributed by atoms with Gasteiger partial charge in [0.05, 0.1) is 17.4 Å². The lowest BCUT2D eigenvalue weighted by Crippen LogP contribution is -2.57. The third kappa shape index (κ3) is 12.4. The summed E-state index contributed by atoms with van der Waals surface area (Å²) in [5.41, 5.74) is -3.20. The Bertz CT molecular complexity index is 2110. The third-order valence-corrected chi connectivity index (χ3v) is 14.6. The molecule has 6 atom stereocenters. The highest BCUT2D eigenvalue weighted by molar-refractivity contribution is 7.91. The highest BCUT2D eigenvalue weighted by Gasteiger charge is 2.63. The fraction of sp³-hybridized carbons (Fsp3) is 0.674. The number of sulfonamides is 1. The SMILES string of the molecule is CC.CCC1(S(=O)(=O)NC(=O)[C@@]23C[C@H]2/C=C\CC[C@@H](C)C[C@@H](C)CC(=O)N2C[C@H](Oc4nc(OC(C)C)cc5ccccc45)C[C@H]2C(=O)N3)CC1.CNC(=O)OC(C)(C)C(C)(F)F.[HH].[HH].[HH]. The zero-order valence-electron chi connectivity index (χ0n) is 38.8. The van der Waals surface area contributed by atoms with Gasteiger partial charge in [-0.3, -0.25) is 19.1 Å². The molecule has 1 saturated heterocycles. The molecule has 3 heterocycles. The van der Waals surface area contributed by atoms with Crippen LogP contribution >= 0.6 is 0 Å². The predicted molar refractivity (Wildman–Crippen MR) is 244 cm³/mol. The summed E-state index contributed by atoms with van der Waals surface area (Å²) >= 11 is 0. The number of hydrogen-bond donors (Lipinski definition) is 3. The number of allylic oxidation sites excluding steroid dienone is 1. The van der Waals surface area contributed by atoms with Crippen molar-refractivity contribution in [3.05, 3.63) is 42.5 Å². The van der Waals surface area contributed by atoms with Gasteiger partial charge in [-0.15, -0.1) is 0 Å². The summed E-state index contributed by atoms with van der Waals surface area (Å²) in [4.78, 5) is 58.8. The van der Waals surface area contributed by atoms with Gasteiger partial charge in [0.2, 0.25) is 33.6 Å². The molecule has 1 aromatic carbocycles. The van der Waals surface area contributed by atoms with Crippen molar-refractivity contribution >= 4 is 44.6 Å². The molecule has 2 aliphatic carbocycles. The van der Waals surface area contributed by atoms with Crippen LogP contribution in [0.25, 0.3) is 10.8 Å². The van der Waals surface area contributed by atoms with Gasteiger partial charge in [0.25, 0.3) is 11.8 Å². The number of ether oxygens (including phenoxy) is 3. The number of amides is 4. The fourth-order valence-electron chi connectivity index (χ4n) is 7.97. The van der Waals surface area contributed by atoms with Crippen LogP contribution in [0.2, 0.25) is 0 Å². The van der Waals surface area contributed by atoms with E-state index in [1.165, 1.54) is 7.05 Å². The van der Waals surface area contributed by atoms with Crippen molar-refractivity contribution in [2.24, 2.45) is 17.8 Å². The summed E-state index contributed by atoms with van der Waals surface area (Å²) in [7, 11) is -2.62. The predicted octanol–water partition coefficient (Wildman–Crippen LogP) is 8.58. The Balaban J connectivity index is 0.00000112. The van der Waals surface area contributed by atoms with Crippen LogP contribution in [0, 0.1) is 17.8 Å². The normalized spacial score (nSPS) is 26.4. The van der Waals surface area contributed by atoms with E-state index < -0.39 is 61.9 Å². The molecule has 3 fully saturated rings. The maximum atomic E-state index is 14.2. The smallest absolute Gasteiger partial charge is 0.407 e. The number of carbonyl (C=O) groups excluding carboxylic acids is 4. The van der Waals surface area contributed by atoms with Crippen molar-refractivity contribution in [1.29, 1.82) is 0 Å². The van der Waals surface area contributed by atoms with Crippen molar-refractivity contribution in [1.82, 2.24) is 25.2 Å². The molecule has 0 radical (unpaired) electrons. The quantitative estimate of drug-likeness (QED) is 0.195. The number of hydrogen-bond acceptors (Lipinski definition) is 10. The molecule has 1 aromatic heterocycles. The average molecular weight is 912 g/mol. The average Bonchev–Trinajstić information content (AvgIpc) is 4.11. The Labute approximate surface area is 376 Å². The molecule has 3 N–H and O–H groups in total. The summed E-state index contributed by atoms with van der Waals surface area (Å²) in [6.07, 6.45) is 7.18. The molecule has 0 bridgehead atoms. The number of nitrogens with zero attached hydrogens (tertiary/aromatic N) is 2. The van der Waals surface area contributed by atoms with Crippen molar-refractivity contribution in [3.63, 3.8) is 0 Å². The van der Waals surface area contributed by atoms with Crippen LogP contribution in [-0.4, -0.2) is 95.8 Å². The second-order valence-corrected chi connectivity index (χ2v) is 20.2. The van der Waals surface area contributed by atoms with Gasteiger partial charge >= 0.3 is 6.09 Å². The molecule has 358 valence electrons. The van der Waals surface area contributed by atoms with Gasteiger partial charge in [-0.25, -0.2) is 22.0 Å². The number of alkyl carbamates (subject to hydrolysis) is 1. The number of nitrogens with one attached hydrogen (secondary N) is 3. The Morgan fingerprint density at radius 1 is 1.08 bits per heavy atom. The van der Waals surface area contributed by atoms with Crippen LogP contribution in [0.1, 0.15) is 131 Å². The van der Waals surface area contributed by atoms with E-state index >= 15 is 0 Å². The molecule has 0 unspecified atom stereocenters. The molecule has 4 aliphatic rings. The van der Waals surface area contributed by atoms with E-state index in [0.29, 0.717) is 43.9 Å². The Morgan fingerprint density at radius 2 is 1.75 bits per heavy atom. The van der Waals surface area contributed by atoms with E-state index in [2.05, 4.69) is 38.9 Å². The maximum Gasteiger partial charge on any atom is 0.407 e. The van der Waals surface area contributed by atoms with Crippen LogP contribution in [0.5, 0.6) is 11.8 Å². The van der Waals surface area contributed by atoms with E-state index in [-0.39, 0.29) is 53.9 Å². The number of alkyl halides is 2. The second kappa shape index (κ2) is 20.5. The van der Waals surface area contributed by atoms with E-state index in [1.807, 2.05) is 77.1 Å². The van der Waals surface area contributed by atoms with E-state index in [1.54, 1.807) is 4.90 Å². The zero-order valence-corrected chi connectivity index (χ0v) is 39.6. The van der Waals surface area contributed by atoms with Gasteiger partial charge in [-0.05, 0) is 95.9 Å². The number of fused-ring (bicyclic) bond motifs is 3. The first-order valence-electron chi connectivity index (χ1n) is 22.3. The molecule has 6 rings (SSSR count). The number of benzene rings is 1. The topological polar surface area (TPSA) is 182 Å². The van der Waals surface area contributed by atoms with Crippen molar-refractivity contribution in [3.8, 4) is 11.8 Å². The van der Waals surface area contributed by atoms with Crippen LogP contribution in [0.4, 0.5) is 13.6 Å². The lowest BCUT2D eigenvalue weighted by Gasteiger charge is -2.30. The van der Waals surface area contributed by atoms with Crippen LogP contribution < -0.4 is 24.8 Å². The standard InChI is InChI=1S/C37H50N4O7S.C7H13F2NO2.C2H6.3H2/c1-6-36(15-16-36)49(45,46)40-35(44)37-21-27(37)13-9-7-11-24(4)17-25(5)18-32(42)41-22-28(20-30(41)33(43)39-37)48-34-29-14-10-8-12-26(29)19-31(38-34)47-23(2)3;1-6(2,7(3,8)9)12-5(11)10-4;1-2;;;/h8-10,12-14,19,23-25,27-28,30H,6-7,11,15-18,20-22H2,1-5H3,(H,39,43)(H,40,44);1-4H3,(H,10,11);1-2H3;3*1H/b13-9-;;;;;/t24-,25-,27-,28-,30+,37-;;;;;/m1...../s1. The monoisotopic (exact) mass is 912 g/mol. The summed E-state index contributed by atoms with van der Waals surface area (Å²) in [6, 6.07) is 8.63. The summed E-state index contributed by atoms with van der Waals surface area (Å²) in [5.74, 6) is -3.52. The molecule has 2 aliphatic heterocycles. The highest BCUT2D eigenvalue weighted by atomic mass is 32.2. The molecule has 14 nitrogen and oxygen atoms in total. The first kappa shape index (κ1) is 51.1. The van der Waals surface area contributed by atoms with Crippen molar-refractivity contribution < 1.29 is 54.9 Å². The number of carbonyl (C=O) groups is 4. The molecule has 2 saturated carbocycles. The third-order valence-electron chi connectivity index (χ3n) is 12.3. The molecule has 63 heavy (non-hydrogen) atoms. The van der Waals surface area contributed by atoms with Crippen molar-refractivity contribution in [2.45, 2.75) is 167 Å². The second-order valence-electron chi connectivity index (χ2n) is 18.1. The number of rotatable bonds is 10. The van der Waals surface area contributed by atoms with Crippen LogP contribution in [0.15, 0.2) is 42.5 Å². The van der Waals surface area contributed by atoms with Crippen LogP contribution in [0.3, 0.4) is 0 Å². The Kier molecular flexibility index (Phi) is 16.7. The van der Waals surface area contributed by atoms with E-state index in [4.69, 9.17) is 9.47 Å². The first-order chi connectivity index (χ1) is 29.5. The minimum atomic E-state index is -3.93. The largest absolute Gasteiger partial charge is 0.475 e. The fourth-order valence-corrected chi connectivity index (χ4v) is 9.64. The lowest BCUT2D eigenvalue weighted by molar-refractivity contribution is -0.149. The first-order valence-corrected chi connectivity index (χ1v) is 23.8. The van der Waals surface area contributed by atoms with E-state index in [9.17, 15) is 36.4 Å². The number of halogens is 2. The lowest BCUT2D eigenvalue weighted by atomic mass is 9.91. The molecular weight excluding hydrogens is 837 g/mol. The molecular formula is C46H75F2N5O9S. The van der Waals surface area contributed by atoms with Crippen LogP contribution in [-0.2, 0) is 29.1 Å². The van der Waals surface area contributed by atoms with Gasteiger partial charge in [0.1, 0.15) is 17.7 Å². The summed E-state index contributed by atoms with van der Waals surface area (Å²) in [5, 5.41) is 6.73. The summed E-state index contributed by atoms with van der Waals surface area (Å²) < 4.78 is 70.2. The summed E-state index contributed by atoms with van der Waals surface area (Å²) in [6.45, 7) is 17.1. The molecule has 17 heteroatoms. The Hall–Kier alpha value is -4.54. The molecule has 2 aromatic rings.